The Bertz CT molecular complexity index is 591. The highest BCUT2D eigenvalue weighted by molar-refractivity contribution is 7.84. The second kappa shape index (κ2) is 5.47. The van der Waals surface area contributed by atoms with Gasteiger partial charge in [0.05, 0.1) is 0 Å². The molecule has 2 aromatic carbocycles. The van der Waals surface area contributed by atoms with Crippen molar-refractivity contribution in [3.05, 3.63) is 65.7 Å². The molecule has 2 heteroatoms. The number of benzene rings is 2. The fourth-order valence-electron chi connectivity index (χ4n) is 1.42. The van der Waals surface area contributed by atoms with Crippen LogP contribution < -0.4 is 0 Å². The first-order chi connectivity index (χ1) is 8.25. The van der Waals surface area contributed by atoms with E-state index in [-0.39, 0.29) is 0 Å². The largest absolute Gasteiger partial charge is 0.255 e. The maximum Gasteiger partial charge on any atom is 0.0498 e. The predicted molar refractivity (Wildman–Crippen MR) is 71.2 cm³/mol. The van der Waals surface area contributed by atoms with Crippen LogP contribution in [0.15, 0.2) is 59.5 Å². The van der Waals surface area contributed by atoms with E-state index in [0.717, 1.165) is 16.0 Å². The number of hydrogen-bond acceptors (Lipinski definition) is 1. The maximum atomic E-state index is 11.3. The lowest BCUT2D eigenvalue weighted by Gasteiger charge is -1.96. The molecule has 0 aliphatic carbocycles. The highest BCUT2D eigenvalue weighted by Gasteiger charge is 1.96. The summed E-state index contributed by atoms with van der Waals surface area (Å²) in [6.07, 6.45) is 1.67. The molecule has 0 N–H and O–H groups in total. The topological polar surface area (TPSA) is 17.1 Å². The Balaban J connectivity index is 2.28. The predicted octanol–water partition coefficient (Wildman–Crippen LogP) is 2.82. The van der Waals surface area contributed by atoms with Gasteiger partial charge in [0.15, 0.2) is 0 Å². The quantitative estimate of drug-likeness (QED) is 0.700. The van der Waals surface area contributed by atoms with Crippen molar-refractivity contribution in [1.29, 1.82) is 0 Å². The van der Waals surface area contributed by atoms with Gasteiger partial charge in [-0.05, 0) is 30.3 Å². The number of rotatable bonds is 1. The molecule has 0 fully saturated rings. The first kappa shape index (κ1) is 11.6. The molecule has 0 saturated heterocycles. The third kappa shape index (κ3) is 3.30. The summed E-state index contributed by atoms with van der Waals surface area (Å²) in [5, 5.41) is 0. The third-order valence-electron chi connectivity index (χ3n) is 2.29. The van der Waals surface area contributed by atoms with E-state index in [2.05, 4.69) is 11.8 Å². The van der Waals surface area contributed by atoms with E-state index in [4.69, 9.17) is 0 Å². The van der Waals surface area contributed by atoms with Gasteiger partial charge >= 0.3 is 0 Å². The molecule has 0 saturated carbocycles. The molecule has 1 unspecified atom stereocenters. The van der Waals surface area contributed by atoms with Gasteiger partial charge in [-0.25, -0.2) is 0 Å². The van der Waals surface area contributed by atoms with Crippen LogP contribution in [0.4, 0.5) is 0 Å². The maximum absolute atomic E-state index is 11.3. The van der Waals surface area contributed by atoms with Gasteiger partial charge in [0.25, 0.3) is 0 Å². The van der Waals surface area contributed by atoms with Gasteiger partial charge in [0, 0.05) is 33.1 Å². The van der Waals surface area contributed by atoms with Crippen molar-refractivity contribution in [3.8, 4) is 11.8 Å². The van der Waals surface area contributed by atoms with Crippen molar-refractivity contribution in [2.45, 2.75) is 4.90 Å². The molecule has 0 spiro atoms. The molecular weight excluding hydrogens is 228 g/mol. The summed E-state index contributed by atoms with van der Waals surface area (Å²) in [4.78, 5) is 0.810. The van der Waals surface area contributed by atoms with E-state index in [1.54, 1.807) is 6.26 Å². The minimum atomic E-state index is -0.955. The molecule has 0 radical (unpaired) electrons. The van der Waals surface area contributed by atoms with Gasteiger partial charge in [-0.2, -0.15) is 0 Å². The van der Waals surface area contributed by atoms with Crippen molar-refractivity contribution >= 4 is 10.8 Å². The Morgan fingerprint density at radius 1 is 0.882 bits per heavy atom. The molecule has 0 aromatic heterocycles. The highest BCUT2D eigenvalue weighted by Crippen LogP contribution is 2.07. The molecule has 0 amide bonds. The number of hydrogen-bond donors (Lipinski definition) is 0. The molecule has 2 rings (SSSR count). The first-order valence-corrected chi connectivity index (χ1v) is 6.82. The SMILES string of the molecule is CS(=O)c1cccc(C#Cc2ccccc2)c1. The molecule has 1 nitrogen and oxygen atoms in total. The van der Waals surface area contributed by atoms with Gasteiger partial charge < -0.3 is 0 Å². The Kier molecular flexibility index (Phi) is 3.74. The molecule has 17 heavy (non-hydrogen) atoms. The fraction of sp³-hybridized carbons (Fsp3) is 0.0667. The van der Waals surface area contributed by atoms with E-state index in [1.165, 1.54) is 0 Å². The van der Waals surface area contributed by atoms with Crippen LogP contribution in [0.5, 0.6) is 0 Å². The average Bonchev–Trinajstić information content (AvgIpc) is 2.38. The van der Waals surface area contributed by atoms with E-state index < -0.39 is 10.8 Å². The second-order valence-electron chi connectivity index (χ2n) is 3.60. The zero-order chi connectivity index (χ0) is 12.1. The molecule has 0 aliphatic heterocycles. The Hall–Kier alpha value is -1.85. The molecule has 2 aromatic rings. The second-order valence-corrected chi connectivity index (χ2v) is 4.98. The summed E-state index contributed by atoms with van der Waals surface area (Å²) in [7, 11) is -0.955. The van der Waals surface area contributed by atoms with Gasteiger partial charge in [-0.15, -0.1) is 0 Å². The lowest BCUT2D eigenvalue weighted by Crippen LogP contribution is -1.87. The summed E-state index contributed by atoms with van der Waals surface area (Å²) in [6, 6.07) is 17.3. The highest BCUT2D eigenvalue weighted by atomic mass is 32.2. The lowest BCUT2D eigenvalue weighted by molar-refractivity contribution is 0.687. The fourth-order valence-corrected chi connectivity index (χ4v) is 1.98. The van der Waals surface area contributed by atoms with Crippen LogP contribution in [-0.2, 0) is 10.8 Å². The van der Waals surface area contributed by atoms with E-state index in [0.29, 0.717) is 0 Å². The molecule has 1 atom stereocenters. The molecule has 0 heterocycles. The molecule has 0 bridgehead atoms. The first-order valence-electron chi connectivity index (χ1n) is 5.26. The zero-order valence-corrected chi connectivity index (χ0v) is 10.3. The van der Waals surface area contributed by atoms with Gasteiger partial charge in [-0.3, -0.25) is 4.21 Å². The lowest BCUT2D eigenvalue weighted by atomic mass is 10.2. The standard InChI is InChI=1S/C15H12OS/c1-17(16)15-9-5-8-14(12-15)11-10-13-6-3-2-4-7-13/h2-9,12H,1H3. The summed E-state index contributed by atoms with van der Waals surface area (Å²) in [6.45, 7) is 0. The normalized spacial score (nSPS) is 11.4. The molecule has 0 aliphatic rings. The van der Waals surface area contributed by atoms with Crippen molar-refractivity contribution in [2.24, 2.45) is 0 Å². The van der Waals surface area contributed by atoms with Crippen LogP contribution in [-0.4, -0.2) is 10.5 Å². The van der Waals surface area contributed by atoms with Crippen LogP contribution in [0.2, 0.25) is 0 Å². The van der Waals surface area contributed by atoms with Crippen LogP contribution in [0.3, 0.4) is 0 Å². The summed E-state index contributed by atoms with van der Waals surface area (Å²) >= 11 is 0. The minimum absolute atomic E-state index is 0.810. The Morgan fingerprint density at radius 3 is 2.24 bits per heavy atom. The van der Waals surface area contributed by atoms with E-state index >= 15 is 0 Å². The minimum Gasteiger partial charge on any atom is -0.255 e. The van der Waals surface area contributed by atoms with E-state index in [1.807, 2.05) is 54.6 Å². The van der Waals surface area contributed by atoms with Gasteiger partial charge in [0.2, 0.25) is 0 Å². The van der Waals surface area contributed by atoms with Crippen molar-refractivity contribution < 1.29 is 4.21 Å². The van der Waals surface area contributed by atoms with Gasteiger partial charge in [-0.1, -0.05) is 36.1 Å². The smallest absolute Gasteiger partial charge is 0.0498 e. The summed E-state index contributed by atoms with van der Waals surface area (Å²) in [5.74, 6) is 6.15. The molecule has 84 valence electrons. The van der Waals surface area contributed by atoms with Crippen molar-refractivity contribution in [2.75, 3.05) is 6.26 Å². The third-order valence-corrected chi connectivity index (χ3v) is 3.21. The average molecular weight is 240 g/mol. The molecular formula is C15H12OS. The summed E-state index contributed by atoms with van der Waals surface area (Å²) in [5.41, 5.74) is 1.87. The van der Waals surface area contributed by atoms with E-state index in [9.17, 15) is 4.21 Å². The van der Waals surface area contributed by atoms with Crippen LogP contribution in [0.1, 0.15) is 11.1 Å². The van der Waals surface area contributed by atoms with Crippen LogP contribution >= 0.6 is 0 Å². The Labute approximate surface area is 104 Å². The summed E-state index contributed by atoms with van der Waals surface area (Å²) < 4.78 is 11.3. The van der Waals surface area contributed by atoms with Crippen molar-refractivity contribution in [3.63, 3.8) is 0 Å². The van der Waals surface area contributed by atoms with Crippen LogP contribution in [0.25, 0.3) is 0 Å². The Morgan fingerprint density at radius 2 is 1.53 bits per heavy atom. The van der Waals surface area contributed by atoms with Crippen molar-refractivity contribution in [1.82, 2.24) is 0 Å². The van der Waals surface area contributed by atoms with Crippen LogP contribution in [0, 0.1) is 11.8 Å². The van der Waals surface area contributed by atoms with Gasteiger partial charge in [0.1, 0.15) is 0 Å². The monoisotopic (exact) mass is 240 g/mol. The zero-order valence-electron chi connectivity index (χ0n) is 9.51.